The Kier molecular flexibility index (Phi) is 7.16. The molecule has 1 aromatic heterocycles. The van der Waals surface area contributed by atoms with Crippen LogP contribution in [0.3, 0.4) is 0 Å². The molecule has 2 heterocycles. The molecule has 1 aliphatic rings. The Labute approximate surface area is 167 Å². The van der Waals surface area contributed by atoms with E-state index in [2.05, 4.69) is 58.7 Å². The zero-order chi connectivity index (χ0) is 19.2. The highest BCUT2D eigenvalue weighted by molar-refractivity contribution is 7.08. The molecule has 0 amide bonds. The standard InChI is InChI=1S/C22H33N3OS/c1-17-15-27-16-19(17)14-25(20-4-6-22(26-3)7-5-20)21-9-12-24(13-10-21)18(2)8-11-23/h4-7,15-16,18,21H,8-14,23H2,1-3H3/t18-/m1/s1. The number of likely N-dealkylation sites (tertiary alicyclic amines) is 1. The predicted molar refractivity (Wildman–Crippen MR) is 116 cm³/mol. The number of nitrogens with two attached hydrogens (primary N) is 1. The minimum absolute atomic E-state index is 0.569. The van der Waals surface area contributed by atoms with Crippen LogP contribution in [0.5, 0.6) is 5.75 Å². The van der Waals surface area contributed by atoms with Gasteiger partial charge in [-0.25, -0.2) is 0 Å². The van der Waals surface area contributed by atoms with Crippen molar-refractivity contribution in [2.24, 2.45) is 5.73 Å². The minimum Gasteiger partial charge on any atom is -0.497 e. The van der Waals surface area contributed by atoms with Gasteiger partial charge in [0.05, 0.1) is 7.11 Å². The van der Waals surface area contributed by atoms with Gasteiger partial charge in [-0.15, -0.1) is 0 Å². The van der Waals surface area contributed by atoms with Gasteiger partial charge < -0.3 is 20.3 Å². The first-order valence-electron chi connectivity index (χ1n) is 9.99. The van der Waals surface area contributed by atoms with Crippen molar-refractivity contribution in [2.75, 3.05) is 31.6 Å². The largest absolute Gasteiger partial charge is 0.497 e. The first kappa shape index (κ1) is 20.2. The first-order valence-corrected chi connectivity index (χ1v) is 10.9. The van der Waals surface area contributed by atoms with Gasteiger partial charge in [0.1, 0.15) is 5.75 Å². The van der Waals surface area contributed by atoms with E-state index in [1.54, 1.807) is 18.4 Å². The number of aryl methyl sites for hydroxylation is 1. The van der Waals surface area contributed by atoms with Crippen molar-refractivity contribution in [1.29, 1.82) is 0 Å². The molecule has 148 valence electrons. The fourth-order valence-electron chi connectivity index (χ4n) is 4.00. The molecule has 0 radical (unpaired) electrons. The number of methoxy groups -OCH3 is 1. The second kappa shape index (κ2) is 9.58. The number of benzene rings is 1. The molecule has 27 heavy (non-hydrogen) atoms. The van der Waals surface area contributed by atoms with Gasteiger partial charge in [-0.3, -0.25) is 0 Å². The summed E-state index contributed by atoms with van der Waals surface area (Å²) in [7, 11) is 1.72. The van der Waals surface area contributed by atoms with E-state index in [1.165, 1.54) is 29.7 Å². The molecule has 1 saturated heterocycles. The lowest BCUT2D eigenvalue weighted by Gasteiger charge is -2.42. The Bertz CT molecular complexity index is 692. The molecule has 5 heteroatoms. The minimum atomic E-state index is 0.569. The van der Waals surface area contributed by atoms with Gasteiger partial charge in [0.2, 0.25) is 0 Å². The van der Waals surface area contributed by atoms with E-state index in [4.69, 9.17) is 10.5 Å². The third kappa shape index (κ3) is 5.03. The number of ether oxygens (including phenoxy) is 1. The van der Waals surface area contributed by atoms with Gasteiger partial charge in [-0.1, -0.05) is 0 Å². The number of nitrogens with zero attached hydrogens (tertiary/aromatic N) is 2. The van der Waals surface area contributed by atoms with Crippen molar-refractivity contribution in [2.45, 2.75) is 51.7 Å². The number of hydrogen-bond donors (Lipinski definition) is 1. The lowest BCUT2D eigenvalue weighted by molar-refractivity contribution is 0.154. The molecule has 0 bridgehead atoms. The Hall–Kier alpha value is -1.56. The van der Waals surface area contributed by atoms with Gasteiger partial charge in [-0.2, -0.15) is 11.3 Å². The molecule has 1 aliphatic heterocycles. The van der Waals surface area contributed by atoms with Gasteiger partial charge in [0.25, 0.3) is 0 Å². The van der Waals surface area contributed by atoms with Crippen molar-refractivity contribution in [3.05, 3.63) is 46.2 Å². The van der Waals surface area contributed by atoms with E-state index < -0.39 is 0 Å². The number of anilines is 1. The van der Waals surface area contributed by atoms with Crippen molar-refractivity contribution in [1.82, 2.24) is 4.90 Å². The van der Waals surface area contributed by atoms with Crippen LogP contribution in [0, 0.1) is 6.92 Å². The average molecular weight is 388 g/mol. The second-order valence-corrected chi connectivity index (χ2v) is 8.34. The normalized spacial score (nSPS) is 17.0. The summed E-state index contributed by atoms with van der Waals surface area (Å²) in [5.41, 5.74) is 9.88. The van der Waals surface area contributed by atoms with Crippen LogP contribution in [0.1, 0.15) is 37.3 Å². The van der Waals surface area contributed by atoms with Gasteiger partial charge in [0.15, 0.2) is 0 Å². The highest BCUT2D eigenvalue weighted by Crippen LogP contribution is 2.29. The fourth-order valence-corrected chi connectivity index (χ4v) is 4.85. The molecule has 2 N–H and O–H groups in total. The van der Waals surface area contributed by atoms with Crippen molar-refractivity contribution < 1.29 is 4.74 Å². The van der Waals surface area contributed by atoms with E-state index >= 15 is 0 Å². The topological polar surface area (TPSA) is 41.7 Å². The Morgan fingerprint density at radius 2 is 1.93 bits per heavy atom. The van der Waals surface area contributed by atoms with Crippen LogP contribution < -0.4 is 15.4 Å². The number of hydrogen-bond acceptors (Lipinski definition) is 5. The van der Waals surface area contributed by atoms with Crippen LogP contribution in [-0.4, -0.2) is 43.7 Å². The molecular formula is C22H33N3OS. The summed E-state index contributed by atoms with van der Waals surface area (Å²) in [6.07, 6.45) is 3.48. The van der Waals surface area contributed by atoms with Crippen LogP contribution in [0.15, 0.2) is 35.0 Å². The monoisotopic (exact) mass is 387 g/mol. The molecule has 2 aromatic rings. The van der Waals surface area contributed by atoms with E-state index in [0.29, 0.717) is 12.1 Å². The zero-order valence-corrected chi connectivity index (χ0v) is 17.7. The van der Waals surface area contributed by atoms with E-state index in [0.717, 1.165) is 38.3 Å². The van der Waals surface area contributed by atoms with Crippen LogP contribution in [-0.2, 0) is 6.54 Å². The molecule has 0 spiro atoms. The smallest absolute Gasteiger partial charge is 0.119 e. The summed E-state index contributed by atoms with van der Waals surface area (Å²) < 4.78 is 5.35. The maximum absolute atomic E-state index is 5.76. The SMILES string of the molecule is COc1ccc(N(Cc2cscc2C)C2CCN([C@H](C)CCN)CC2)cc1. The quantitative estimate of drug-likeness (QED) is 0.734. The van der Waals surface area contributed by atoms with Crippen molar-refractivity contribution in [3.8, 4) is 5.75 Å². The van der Waals surface area contributed by atoms with E-state index in [1.807, 2.05) is 0 Å². The Morgan fingerprint density at radius 3 is 2.48 bits per heavy atom. The van der Waals surface area contributed by atoms with Crippen LogP contribution in [0.25, 0.3) is 0 Å². The molecule has 1 atom stereocenters. The summed E-state index contributed by atoms with van der Waals surface area (Å²) in [5, 5.41) is 4.54. The summed E-state index contributed by atoms with van der Waals surface area (Å²) in [6.45, 7) is 8.59. The highest BCUT2D eigenvalue weighted by Gasteiger charge is 2.27. The third-order valence-electron chi connectivity index (χ3n) is 5.85. The molecule has 0 aliphatic carbocycles. The van der Waals surface area contributed by atoms with E-state index in [9.17, 15) is 0 Å². The summed E-state index contributed by atoms with van der Waals surface area (Å²) in [5.74, 6) is 0.913. The molecule has 3 rings (SSSR count). The number of rotatable bonds is 8. The maximum Gasteiger partial charge on any atom is 0.119 e. The van der Waals surface area contributed by atoms with Gasteiger partial charge in [0, 0.05) is 37.4 Å². The Balaban J connectivity index is 1.74. The lowest BCUT2D eigenvalue weighted by Crippen LogP contribution is -2.47. The van der Waals surface area contributed by atoms with Crippen molar-refractivity contribution in [3.63, 3.8) is 0 Å². The highest BCUT2D eigenvalue weighted by atomic mass is 32.1. The molecule has 0 unspecified atom stereocenters. The number of piperidine rings is 1. The second-order valence-electron chi connectivity index (χ2n) is 7.60. The molecular weight excluding hydrogens is 354 g/mol. The van der Waals surface area contributed by atoms with E-state index in [-0.39, 0.29) is 0 Å². The van der Waals surface area contributed by atoms with Crippen LogP contribution in [0.4, 0.5) is 5.69 Å². The first-order chi connectivity index (χ1) is 13.1. The van der Waals surface area contributed by atoms with Crippen LogP contribution >= 0.6 is 11.3 Å². The molecule has 0 saturated carbocycles. The summed E-state index contributed by atoms with van der Waals surface area (Å²) >= 11 is 1.80. The average Bonchev–Trinajstić information content (AvgIpc) is 3.11. The van der Waals surface area contributed by atoms with Gasteiger partial charge >= 0.3 is 0 Å². The molecule has 1 aromatic carbocycles. The lowest BCUT2D eigenvalue weighted by atomic mass is 9.99. The number of thiophene rings is 1. The predicted octanol–water partition coefficient (Wildman–Crippen LogP) is 4.27. The summed E-state index contributed by atoms with van der Waals surface area (Å²) in [4.78, 5) is 5.20. The molecule has 4 nitrogen and oxygen atoms in total. The van der Waals surface area contributed by atoms with Gasteiger partial charge in [-0.05, 0) is 85.8 Å². The molecule has 1 fully saturated rings. The fraction of sp³-hybridized carbons (Fsp3) is 0.545. The summed E-state index contributed by atoms with van der Waals surface area (Å²) in [6, 6.07) is 9.69. The maximum atomic E-state index is 5.76. The van der Waals surface area contributed by atoms with Crippen LogP contribution in [0.2, 0.25) is 0 Å². The Morgan fingerprint density at radius 1 is 1.22 bits per heavy atom. The van der Waals surface area contributed by atoms with Crippen molar-refractivity contribution >= 4 is 17.0 Å². The zero-order valence-electron chi connectivity index (χ0n) is 16.9. The third-order valence-corrected chi connectivity index (χ3v) is 6.76.